The van der Waals surface area contributed by atoms with Crippen LogP contribution >= 0.6 is 22.6 Å². The van der Waals surface area contributed by atoms with E-state index in [-0.39, 0.29) is 5.75 Å². The molecule has 6 heteroatoms. The molecule has 0 spiro atoms. The number of halogens is 4. The fourth-order valence-corrected chi connectivity index (χ4v) is 2.73. The fourth-order valence-electron chi connectivity index (χ4n) is 2.03. The Labute approximate surface area is 134 Å². The van der Waals surface area contributed by atoms with Gasteiger partial charge in [-0.3, -0.25) is 0 Å². The van der Waals surface area contributed by atoms with E-state index >= 15 is 0 Å². The summed E-state index contributed by atoms with van der Waals surface area (Å²) in [5, 5.41) is 0. The summed E-state index contributed by atoms with van der Waals surface area (Å²) in [5.74, 6) is -0.269. The molecule has 2 N–H and O–H groups in total. The van der Waals surface area contributed by atoms with Crippen LogP contribution in [0.3, 0.4) is 0 Å². The quantitative estimate of drug-likeness (QED) is 0.759. The van der Waals surface area contributed by atoms with Gasteiger partial charge in [0.05, 0.1) is 6.04 Å². The lowest BCUT2D eigenvalue weighted by Gasteiger charge is -2.19. The van der Waals surface area contributed by atoms with Crippen molar-refractivity contribution in [3.63, 3.8) is 0 Å². The number of nitrogens with two attached hydrogens (primary N) is 1. The largest absolute Gasteiger partial charge is 0.573 e. The van der Waals surface area contributed by atoms with Crippen LogP contribution in [-0.4, -0.2) is 6.36 Å². The van der Waals surface area contributed by atoms with Gasteiger partial charge in [-0.25, -0.2) is 0 Å². The number of para-hydroxylation sites is 1. The van der Waals surface area contributed by atoms with Crippen molar-refractivity contribution in [3.8, 4) is 5.75 Å². The Hall–Kier alpha value is -1.28. The van der Waals surface area contributed by atoms with Gasteiger partial charge in [0.15, 0.2) is 0 Å². The van der Waals surface area contributed by atoms with E-state index in [2.05, 4.69) is 27.3 Å². The third kappa shape index (κ3) is 3.88. The first-order chi connectivity index (χ1) is 9.79. The van der Waals surface area contributed by atoms with Gasteiger partial charge in [-0.05, 0) is 46.7 Å². The molecule has 0 aromatic heterocycles. The summed E-state index contributed by atoms with van der Waals surface area (Å²) in [6.07, 6.45) is -4.74. The molecule has 0 amide bonds. The molecule has 21 heavy (non-hydrogen) atoms. The second-order valence-corrected chi connectivity index (χ2v) is 5.62. The van der Waals surface area contributed by atoms with Crippen molar-refractivity contribution in [1.82, 2.24) is 0 Å². The van der Waals surface area contributed by atoms with Crippen molar-refractivity contribution in [1.29, 1.82) is 0 Å². The van der Waals surface area contributed by atoms with Gasteiger partial charge in [0.2, 0.25) is 0 Å². The first-order valence-corrected chi connectivity index (χ1v) is 7.22. The first kappa shape index (κ1) is 16.1. The lowest BCUT2D eigenvalue weighted by atomic mass is 9.97. The normalized spacial score (nSPS) is 13.0. The Balaban J connectivity index is 2.44. The van der Waals surface area contributed by atoms with Gasteiger partial charge in [-0.15, -0.1) is 13.2 Å². The van der Waals surface area contributed by atoms with Crippen LogP contribution < -0.4 is 10.5 Å². The maximum atomic E-state index is 12.5. The molecular formula is C15H13F3INO. The average Bonchev–Trinajstić information content (AvgIpc) is 2.40. The van der Waals surface area contributed by atoms with Crippen LogP contribution in [0, 0.1) is 10.5 Å². The highest BCUT2D eigenvalue weighted by molar-refractivity contribution is 14.1. The number of ether oxygens (including phenoxy) is 1. The average molecular weight is 407 g/mol. The van der Waals surface area contributed by atoms with Crippen molar-refractivity contribution in [3.05, 3.63) is 62.7 Å². The molecule has 2 aromatic carbocycles. The molecular weight excluding hydrogens is 394 g/mol. The van der Waals surface area contributed by atoms with Gasteiger partial charge in [-0.1, -0.05) is 36.4 Å². The number of benzene rings is 2. The van der Waals surface area contributed by atoms with Crippen molar-refractivity contribution in [2.75, 3.05) is 0 Å². The smallest absolute Gasteiger partial charge is 0.405 e. The maximum Gasteiger partial charge on any atom is 0.573 e. The lowest BCUT2D eigenvalue weighted by molar-refractivity contribution is -0.274. The molecule has 0 aliphatic heterocycles. The van der Waals surface area contributed by atoms with Gasteiger partial charge < -0.3 is 10.5 Å². The minimum atomic E-state index is -4.74. The highest BCUT2D eigenvalue weighted by Gasteiger charge is 2.32. The molecule has 0 fully saturated rings. The number of hydrogen-bond donors (Lipinski definition) is 1. The zero-order valence-electron chi connectivity index (χ0n) is 11.1. The topological polar surface area (TPSA) is 35.2 Å². The van der Waals surface area contributed by atoms with E-state index in [1.54, 1.807) is 12.1 Å². The van der Waals surface area contributed by atoms with Gasteiger partial charge >= 0.3 is 6.36 Å². The molecule has 0 radical (unpaired) electrons. The molecule has 0 aliphatic rings. The van der Waals surface area contributed by atoms with Crippen LogP contribution in [0.15, 0.2) is 42.5 Å². The van der Waals surface area contributed by atoms with Crippen molar-refractivity contribution >= 4 is 22.6 Å². The van der Waals surface area contributed by atoms with Gasteiger partial charge in [-0.2, -0.15) is 0 Å². The van der Waals surface area contributed by atoms with Crippen LogP contribution in [-0.2, 0) is 0 Å². The van der Waals surface area contributed by atoms with E-state index in [4.69, 9.17) is 5.73 Å². The van der Waals surface area contributed by atoms with Crippen molar-refractivity contribution in [2.24, 2.45) is 5.73 Å². The molecule has 2 nitrogen and oxygen atoms in total. The van der Waals surface area contributed by atoms with Crippen LogP contribution in [0.1, 0.15) is 22.7 Å². The summed E-state index contributed by atoms with van der Waals surface area (Å²) in [6.45, 7) is 1.93. The number of aryl methyl sites for hydroxylation is 1. The maximum absolute atomic E-state index is 12.5. The molecule has 112 valence electrons. The van der Waals surface area contributed by atoms with E-state index in [9.17, 15) is 13.2 Å². The monoisotopic (exact) mass is 407 g/mol. The Kier molecular flexibility index (Phi) is 4.77. The minimum absolute atomic E-state index is 0.269. The van der Waals surface area contributed by atoms with Crippen molar-refractivity contribution < 1.29 is 17.9 Å². The zero-order valence-corrected chi connectivity index (χ0v) is 13.3. The van der Waals surface area contributed by atoms with Crippen LogP contribution in [0.2, 0.25) is 0 Å². The molecule has 2 rings (SSSR count). The van der Waals surface area contributed by atoms with Crippen LogP contribution in [0.4, 0.5) is 13.2 Å². The lowest BCUT2D eigenvalue weighted by Crippen LogP contribution is -2.21. The standard InChI is InChI=1S/C15H13F3INO/c1-9-5-4-7-11(13(9)19)14(20)10-6-2-3-8-12(10)21-15(16,17)18/h2-8,14H,20H2,1H3. The summed E-state index contributed by atoms with van der Waals surface area (Å²) in [5.41, 5.74) is 8.26. The highest BCUT2D eigenvalue weighted by Crippen LogP contribution is 2.34. The SMILES string of the molecule is Cc1cccc(C(N)c2ccccc2OC(F)(F)F)c1I. The molecule has 0 heterocycles. The number of rotatable bonds is 3. The third-order valence-electron chi connectivity index (χ3n) is 3.04. The van der Waals surface area contributed by atoms with Gasteiger partial charge in [0.25, 0.3) is 0 Å². The molecule has 0 saturated carbocycles. The minimum Gasteiger partial charge on any atom is -0.405 e. The Morgan fingerprint density at radius 2 is 1.67 bits per heavy atom. The Morgan fingerprint density at radius 3 is 2.33 bits per heavy atom. The number of hydrogen-bond acceptors (Lipinski definition) is 2. The number of alkyl halides is 3. The second kappa shape index (κ2) is 6.23. The predicted octanol–water partition coefficient (Wildman–Crippen LogP) is 4.55. The van der Waals surface area contributed by atoms with Crippen molar-refractivity contribution in [2.45, 2.75) is 19.3 Å². The third-order valence-corrected chi connectivity index (χ3v) is 4.51. The van der Waals surface area contributed by atoms with E-state index in [0.717, 1.165) is 14.7 Å². The summed E-state index contributed by atoms with van der Waals surface area (Å²) in [4.78, 5) is 0. The Morgan fingerprint density at radius 1 is 1.05 bits per heavy atom. The summed E-state index contributed by atoms with van der Waals surface area (Å²) in [6, 6.07) is 10.8. The first-order valence-electron chi connectivity index (χ1n) is 6.15. The van der Waals surface area contributed by atoms with Gasteiger partial charge in [0, 0.05) is 9.13 Å². The highest BCUT2D eigenvalue weighted by atomic mass is 127. The summed E-state index contributed by atoms with van der Waals surface area (Å²) < 4.78 is 42.4. The van der Waals surface area contributed by atoms with E-state index < -0.39 is 12.4 Å². The van der Waals surface area contributed by atoms with Crippen LogP contribution in [0.25, 0.3) is 0 Å². The summed E-state index contributed by atoms with van der Waals surface area (Å²) in [7, 11) is 0. The molecule has 1 unspecified atom stereocenters. The van der Waals surface area contributed by atoms with E-state index in [1.807, 2.05) is 25.1 Å². The molecule has 2 aromatic rings. The predicted molar refractivity (Wildman–Crippen MR) is 83.1 cm³/mol. The van der Waals surface area contributed by atoms with E-state index in [1.165, 1.54) is 12.1 Å². The molecule has 0 saturated heterocycles. The Bertz CT molecular complexity index is 643. The van der Waals surface area contributed by atoms with Gasteiger partial charge in [0.1, 0.15) is 5.75 Å². The molecule has 1 atom stereocenters. The summed E-state index contributed by atoms with van der Waals surface area (Å²) >= 11 is 2.14. The second-order valence-electron chi connectivity index (χ2n) is 4.54. The van der Waals surface area contributed by atoms with Crippen LogP contribution in [0.5, 0.6) is 5.75 Å². The molecule has 0 bridgehead atoms. The zero-order chi connectivity index (χ0) is 15.6. The van der Waals surface area contributed by atoms with E-state index in [0.29, 0.717) is 5.56 Å². The molecule has 0 aliphatic carbocycles. The fraction of sp³-hybridized carbons (Fsp3) is 0.200.